The van der Waals surface area contributed by atoms with Crippen LogP contribution in [0.15, 0.2) is 16.9 Å². The lowest BCUT2D eigenvalue weighted by molar-refractivity contribution is 0.120. The van der Waals surface area contributed by atoms with E-state index in [9.17, 15) is 0 Å². The summed E-state index contributed by atoms with van der Waals surface area (Å²) >= 11 is 0. The topological polar surface area (TPSA) is 58.5 Å². The van der Waals surface area contributed by atoms with Crippen LogP contribution >= 0.6 is 0 Å². The highest BCUT2D eigenvalue weighted by Crippen LogP contribution is 2.04. The Kier molecular flexibility index (Phi) is 2.58. The summed E-state index contributed by atoms with van der Waals surface area (Å²) in [5.41, 5.74) is 0. The number of nitrogens with zero attached hydrogens (tertiary/aromatic N) is 3. The third kappa shape index (κ3) is 2.27. The van der Waals surface area contributed by atoms with Gasteiger partial charge in [0.05, 0.1) is 12.7 Å². The summed E-state index contributed by atoms with van der Waals surface area (Å²) in [6.45, 7) is 4.60. The van der Waals surface area contributed by atoms with E-state index >= 15 is 0 Å². The smallest absolute Gasteiger partial charge is 0.208 e. The van der Waals surface area contributed by atoms with Crippen LogP contribution in [0.4, 0.5) is 0 Å². The van der Waals surface area contributed by atoms with Crippen molar-refractivity contribution in [3.05, 3.63) is 18.4 Å². The van der Waals surface area contributed by atoms with E-state index in [2.05, 4.69) is 9.88 Å². The fraction of sp³-hybridized carbons (Fsp3) is 0.625. The minimum atomic E-state index is 0.783. The molecule has 2 heterocycles. The van der Waals surface area contributed by atoms with Crippen molar-refractivity contribution < 1.29 is 4.42 Å². The third-order valence-corrected chi connectivity index (χ3v) is 2.25. The van der Waals surface area contributed by atoms with E-state index in [-0.39, 0.29) is 0 Å². The molecule has 0 aliphatic carbocycles. The molecule has 5 heteroatoms. The van der Waals surface area contributed by atoms with Gasteiger partial charge in [-0.05, 0) is 0 Å². The van der Waals surface area contributed by atoms with Crippen LogP contribution < -0.4 is 5.84 Å². The van der Waals surface area contributed by atoms with Gasteiger partial charge in [-0.2, -0.15) is 0 Å². The number of aromatic nitrogens is 1. The lowest BCUT2D eigenvalue weighted by Gasteiger charge is -2.30. The van der Waals surface area contributed by atoms with Gasteiger partial charge < -0.3 is 4.42 Å². The average molecular weight is 182 g/mol. The van der Waals surface area contributed by atoms with E-state index in [1.165, 1.54) is 0 Å². The highest BCUT2D eigenvalue weighted by Gasteiger charge is 2.15. The van der Waals surface area contributed by atoms with Crippen LogP contribution in [0.25, 0.3) is 0 Å². The molecule has 13 heavy (non-hydrogen) atoms. The number of hydrazine groups is 1. The minimum absolute atomic E-state index is 0.783. The SMILES string of the molecule is NN1CCN(Cc2ncco2)CC1. The molecular formula is C8H14N4O. The van der Waals surface area contributed by atoms with Crippen molar-refractivity contribution in [2.45, 2.75) is 6.54 Å². The number of nitrogens with two attached hydrogens (primary N) is 1. The summed E-state index contributed by atoms with van der Waals surface area (Å²) in [4.78, 5) is 6.36. The molecule has 0 spiro atoms. The van der Waals surface area contributed by atoms with Crippen LogP contribution in [-0.2, 0) is 6.54 Å². The van der Waals surface area contributed by atoms with Crippen molar-refractivity contribution in [1.82, 2.24) is 14.9 Å². The van der Waals surface area contributed by atoms with Gasteiger partial charge in [-0.3, -0.25) is 10.7 Å². The second kappa shape index (κ2) is 3.87. The Bertz CT molecular complexity index is 241. The Morgan fingerprint density at radius 3 is 2.77 bits per heavy atom. The molecule has 2 N–H and O–H groups in total. The molecule has 0 radical (unpaired) electrons. The Morgan fingerprint density at radius 1 is 1.38 bits per heavy atom. The molecule has 1 aromatic rings. The second-order valence-corrected chi connectivity index (χ2v) is 3.24. The average Bonchev–Trinajstić information content (AvgIpc) is 2.62. The van der Waals surface area contributed by atoms with Crippen LogP contribution in [0.5, 0.6) is 0 Å². The molecule has 0 amide bonds. The number of piperazine rings is 1. The van der Waals surface area contributed by atoms with Crippen molar-refractivity contribution in [1.29, 1.82) is 0 Å². The quantitative estimate of drug-likeness (QED) is 0.634. The van der Waals surface area contributed by atoms with Gasteiger partial charge in [0.1, 0.15) is 6.26 Å². The molecule has 1 aromatic heterocycles. The first-order chi connectivity index (χ1) is 6.34. The summed E-state index contributed by atoms with van der Waals surface area (Å²) in [7, 11) is 0. The summed E-state index contributed by atoms with van der Waals surface area (Å²) in [6, 6.07) is 0. The molecule has 0 unspecified atom stereocenters. The summed E-state index contributed by atoms with van der Waals surface area (Å²) < 4.78 is 5.17. The van der Waals surface area contributed by atoms with E-state index < -0.39 is 0 Å². The second-order valence-electron chi connectivity index (χ2n) is 3.24. The predicted molar refractivity (Wildman–Crippen MR) is 47.5 cm³/mol. The highest BCUT2D eigenvalue weighted by molar-refractivity contribution is 4.81. The highest BCUT2D eigenvalue weighted by atomic mass is 16.3. The third-order valence-electron chi connectivity index (χ3n) is 2.25. The van der Waals surface area contributed by atoms with Crippen molar-refractivity contribution in [2.75, 3.05) is 26.2 Å². The Balaban J connectivity index is 1.83. The molecule has 72 valence electrons. The van der Waals surface area contributed by atoms with E-state index in [0.29, 0.717) is 0 Å². The lowest BCUT2D eigenvalue weighted by atomic mass is 10.3. The molecule has 0 bridgehead atoms. The molecule has 1 aliphatic heterocycles. The summed E-state index contributed by atoms with van der Waals surface area (Å²) in [5, 5.41) is 1.84. The molecule has 0 aromatic carbocycles. The van der Waals surface area contributed by atoms with Gasteiger partial charge in [0, 0.05) is 26.2 Å². The molecule has 5 nitrogen and oxygen atoms in total. The minimum Gasteiger partial charge on any atom is -0.448 e. The van der Waals surface area contributed by atoms with Crippen LogP contribution in [0.2, 0.25) is 0 Å². The van der Waals surface area contributed by atoms with E-state index in [1.54, 1.807) is 12.5 Å². The molecule has 0 saturated carbocycles. The monoisotopic (exact) mass is 182 g/mol. The van der Waals surface area contributed by atoms with Crippen LogP contribution in [0, 0.1) is 0 Å². The number of rotatable bonds is 2. The maximum atomic E-state index is 5.64. The van der Waals surface area contributed by atoms with Crippen LogP contribution in [0.1, 0.15) is 5.89 Å². The van der Waals surface area contributed by atoms with Gasteiger partial charge in [-0.15, -0.1) is 0 Å². The zero-order chi connectivity index (χ0) is 9.10. The zero-order valence-corrected chi connectivity index (χ0v) is 7.52. The molecular weight excluding hydrogens is 168 g/mol. The lowest BCUT2D eigenvalue weighted by Crippen LogP contribution is -2.48. The van der Waals surface area contributed by atoms with Crippen LogP contribution in [0.3, 0.4) is 0 Å². The van der Waals surface area contributed by atoms with Gasteiger partial charge >= 0.3 is 0 Å². The van der Waals surface area contributed by atoms with Crippen molar-refractivity contribution in [3.8, 4) is 0 Å². The van der Waals surface area contributed by atoms with Gasteiger partial charge in [-0.25, -0.2) is 9.99 Å². The molecule has 2 rings (SSSR count). The van der Waals surface area contributed by atoms with E-state index in [1.807, 2.05) is 5.01 Å². The molecule has 1 aliphatic rings. The Morgan fingerprint density at radius 2 is 2.15 bits per heavy atom. The van der Waals surface area contributed by atoms with Crippen molar-refractivity contribution >= 4 is 0 Å². The Hall–Kier alpha value is -0.910. The first-order valence-corrected chi connectivity index (χ1v) is 4.45. The summed E-state index contributed by atoms with van der Waals surface area (Å²) in [6.07, 6.45) is 3.28. The number of hydrogen-bond acceptors (Lipinski definition) is 5. The van der Waals surface area contributed by atoms with Crippen LogP contribution in [-0.4, -0.2) is 41.1 Å². The van der Waals surface area contributed by atoms with E-state index in [0.717, 1.165) is 38.6 Å². The van der Waals surface area contributed by atoms with Crippen molar-refractivity contribution in [2.24, 2.45) is 5.84 Å². The maximum Gasteiger partial charge on any atom is 0.208 e. The molecule has 0 atom stereocenters. The first-order valence-electron chi connectivity index (χ1n) is 4.45. The Labute approximate surface area is 77.1 Å². The number of oxazole rings is 1. The van der Waals surface area contributed by atoms with E-state index in [4.69, 9.17) is 10.3 Å². The largest absolute Gasteiger partial charge is 0.448 e. The fourth-order valence-corrected chi connectivity index (χ4v) is 1.44. The fourth-order valence-electron chi connectivity index (χ4n) is 1.44. The standard InChI is InChI=1S/C8H14N4O/c9-12-4-2-11(3-5-12)7-8-10-1-6-13-8/h1,6H,2-5,7,9H2. The van der Waals surface area contributed by atoms with Crippen molar-refractivity contribution in [3.63, 3.8) is 0 Å². The molecule has 1 fully saturated rings. The zero-order valence-electron chi connectivity index (χ0n) is 7.52. The van der Waals surface area contributed by atoms with Gasteiger partial charge in [0.2, 0.25) is 5.89 Å². The normalized spacial score (nSPS) is 20.7. The number of hydrogen-bond donors (Lipinski definition) is 1. The van der Waals surface area contributed by atoms with Gasteiger partial charge in [0.25, 0.3) is 0 Å². The summed E-state index contributed by atoms with van der Waals surface area (Å²) in [5.74, 6) is 6.42. The maximum absolute atomic E-state index is 5.64. The van der Waals surface area contributed by atoms with Gasteiger partial charge in [0.15, 0.2) is 0 Å². The first kappa shape index (κ1) is 8.68. The predicted octanol–water partition coefficient (Wildman–Crippen LogP) is -0.334. The molecule has 1 saturated heterocycles. The van der Waals surface area contributed by atoms with Gasteiger partial charge in [-0.1, -0.05) is 0 Å².